The number of esters is 2. The van der Waals surface area contributed by atoms with Crippen molar-refractivity contribution >= 4 is 11.9 Å². The van der Waals surface area contributed by atoms with Crippen molar-refractivity contribution in [3.8, 4) is 5.75 Å². The summed E-state index contributed by atoms with van der Waals surface area (Å²) in [7, 11) is 0. The third kappa shape index (κ3) is 3.98. The van der Waals surface area contributed by atoms with E-state index in [1.54, 1.807) is 42.7 Å². The molecule has 2 aromatic heterocycles. The first-order valence-corrected chi connectivity index (χ1v) is 12.9. The summed E-state index contributed by atoms with van der Waals surface area (Å²) in [4.78, 5) is 33.4. The van der Waals surface area contributed by atoms with Gasteiger partial charge in [-0.2, -0.15) is 0 Å². The summed E-state index contributed by atoms with van der Waals surface area (Å²) >= 11 is 0. The number of benzene rings is 1. The minimum atomic E-state index is -0.435. The lowest BCUT2D eigenvalue weighted by molar-refractivity contribution is -0.0431. The van der Waals surface area contributed by atoms with E-state index in [1.807, 2.05) is 18.2 Å². The van der Waals surface area contributed by atoms with Gasteiger partial charge in [-0.25, -0.2) is 19.6 Å². The Morgan fingerprint density at radius 2 is 1.64 bits per heavy atom. The molecular weight excluding hydrogens is 452 g/mol. The molecule has 0 bridgehead atoms. The number of fused-ring (bicyclic) bond motifs is 5. The molecule has 2 saturated carbocycles. The van der Waals surface area contributed by atoms with Crippen molar-refractivity contribution in [2.24, 2.45) is 17.3 Å². The summed E-state index contributed by atoms with van der Waals surface area (Å²) in [6, 6.07) is 16.7. The number of hydrogen-bond acceptors (Lipinski definition) is 6. The molecule has 184 valence electrons. The quantitative estimate of drug-likeness (QED) is 0.347. The van der Waals surface area contributed by atoms with Crippen LogP contribution in [0.1, 0.15) is 77.0 Å². The van der Waals surface area contributed by atoms with Gasteiger partial charge in [-0.1, -0.05) is 25.1 Å². The van der Waals surface area contributed by atoms with Crippen LogP contribution in [-0.4, -0.2) is 28.0 Å². The summed E-state index contributed by atoms with van der Waals surface area (Å²) in [5, 5.41) is 0. The monoisotopic (exact) mass is 482 g/mol. The van der Waals surface area contributed by atoms with Crippen LogP contribution in [0.3, 0.4) is 0 Å². The fraction of sp³-hybridized carbons (Fsp3) is 0.400. The Morgan fingerprint density at radius 1 is 0.889 bits per heavy atom. The van der Waals surface area contributed by atoms with Crippen LogP contribution in [0.5, 0.6) is 5.75 Å². The zero-order valence-corrected chi connectivity index (χ0v) is 20.4. The first-order chi connectivity index (χ1) is 17.5. The van der Waals surface area contributed by atoms with E-state index in [4.69, 9.17) is 9.47 Å². The molecule has 3 aliphatic carbocycles. The van der Waals surface area contributed by atoms with E-state index in [0.717, 1.165) is 38.5 Å². The minimum Gasteiger partial charge on any atom is -0.457 e. The number of aryl methyl sites for hydroxylation is 1. The Hall–Kier alpha value is -3.54. The molecule has 36 heavy (non-hydrogen) atoms. The molecule has 6 heteroatoms. The summed E-state index contributed by atoms with van der Waals surface area (Å²) in [5.74, 6) is 1.44. The summed E-state index contributed by atoms with van der Waals surface area (Å²) in [5.41, 5.74) is 3.36. The predicted octanol–water partition coefficient (Wildman–Crippen LogP) is 5.78. The Labute approximate surface area is 211 Å². The number of pyridine rings is 2. The van der Waals surface area contributed by atoms with Crippen LogP contribution in [-0.2, 0) is 11.2 Å². The van der Waals surface area contributed by atoms with Gasteiger partial charge >= 0.3 is 11.9 Å². The van der Waals surface area contributed by atoms with E-state index >= 15 is 0 Å². The van der Waals surface area contributed by atoms with Gasteiger partial charge in [-0.3, -0.25) is 0 Å². The van der Waals surface area contributed by atoms with Crippen LogP contribution in [0.25, 0.3) is 0 Å². The smallest absolute Gasteiger partial charge is 0.362 e. The molecule has 3 aliphatic rings. The minimum absolute atomic E-state index is 0.00125. The molecule has 5 atom stereocenters. The molecule has 0 saturated heterocycles. The molecule has 1 aromatic carbocycles. The Morgan fingerprint density at radius 3 is 2.36 bits per heavy atom. The topological polar surface area (TPSA) is 78.4 Å². The SMILES string of the molecule is C[C@]12CC[C@@H]3c4ccc(OC(=O)c5ccccn5)cc4CC[C@H]3[C@@H]1CC[C@@H]2OC(=O)c1ccccn1. The fourth-order valence-corrected chi connectivity index (χ4v) is 7.08. The van der Waals surface area contributed by atoms with Crippen molar-refractivity contribution < 1.29 is 19.1 Å². The van der Waals surface area contributed by atoms with Crippen LogP contribution in [0.2, 0.25) is 0 Å². The highest BCUT2D eigenvalue weighted by Crippen LogP contribution is 2.61. The van der Waals surface area contributed by atoms with Crippen molar-refractivity contribution in [1.82, 2.24) is 9.97 Å². The van der Waals surface area contributed by atoms with E-state index in [-0.39, 0.29) is 17.5 Å². The first kappa shape index (κ1) is 22.9. The zero-order valence-electron chi connectivity index (χ0n) is 20.4. The third-order valence-electron chi connectivity index (χ3n) is 8.82. The van der Waals surface area contributed by atoms with Crippen molar-refractivity contribution in [3.05, 3.63) is 89.5 Å². The maximum Gasteiger partial charge on any atom is 0.362 e. The lowest BCUT2D eigenvalue weighted by atomic mass is 9.55. The summed E-state index contributed by atoms with van der Waals surface area (Å²) in [6.45, 7) is 2.33. The van der Waals surface area contributed by atoms with Crippen LogP contribution in [0.15, 0.2) is 67.0 Å². The van der Waals surface area contributed by atoms with Gasteiger partial charge in [0.15, 0.2) is 0 Å². The maximum absolute atomic E-state index is 12.7. The van der Waals surface area contributed by atoms with Gasteiger partial charge in [0, 0.05) is 17.8 Å². The summed E-state index contributed by atoms with van der Waals surface area (Å²) in [6.07, 6.45) is 9.36. The first-order valence-electron chi connectivity index (χ1n) is 12.9. The highest BCUT2D eigenvalue weighted by atomic mass is 16.5. The molecule has 6 nitrogen and oxygen atoms in total. The molecule has 0 amide bonds. The van der Waals surface area contributed by atoms with Gasteiger partial charge in [0.05, 0.1) is 0 Å². The van der Waals surface area contributed by atoms with Crippen molar-refractivity contribution in [2.75, 3.05) is 0 Å². The molecule has 6 rings (SSSR count). The van der Waals surface area contributed by atoms with E-state index < -0.39 is 5.97 Å². The van der Waals surface area contributed by atoms with Gasteiger partial charge in [0.2, 0.25) is 0 Å². The molecular formula is C30H30N2O4. The molecule has 0 N–H and O–H groups in total. The van der Waals surface area contributed by atoms with Crippen molar-refractivity contribution in [1.29, 1.82) is 0 Å². The molecule has 2 heterocycles. The van der Waals surface area contributed by atoms with Crippen LogP contribution in [0, 0.1) is 17.3 Å². The van der Waals surface area contributed by atoms with E-state index in [0.29, 0.717) is 34.9 Å². The average molecular weight is 483 g/mol. The van der Waals surface area contributed by atoms with Crippen LogP contribution in [0.4, 0.5) is 0 Å². The van der Waals surface area contributed by atoms with E-state index in [1.165, 1.54) is 11.1 Å². The highest BCUT2D eigenvalue weighted by Gasteiger charge is 2.56. The fourth-order valence-electron chi connectivity index (χ4n) is 7.08. The van der Waals surface area contributed by atoms with Gasteiger partial charge in [-0.05, 0) is 104 Å². The molecule has 0 aliphatic heterocycles. The normalized spacial score (nSPS) is 28.4. The van der Waals surface area contributed by atoms with Gasteiger partial charge in [0.25, 0.3) is 0 Å². The van der Waals surface area contributed by atoms with E-state index in [9.17, 15) is 9.59 Å². The van der Waals surface area contributed by atoms with Crippen LogP contribution >= 0.6 is 0 Å². The van der Waals surface area contributed by atoms with Gasteiger partial charge in [0.1, 0.15) is 23.2 Å². The Bertz CT molecular complexity index is 1280. The highest BCUT2D eigenvalue weighted by molar-refractivity contribution is 5.89. The van der Waals surface area contributed by atoms with Gasteiger partial charge < -0.3 is 9.47 Å². The largest absolute Gasteiger partial charge is 0.457 e. The average Bonchev–Trinajstić information content (AvgIpc) is 3.25. The number of carbonyl (C=O) groups excluding carboxylic acids is 2. The second-order valence-electron chi connectivity index (χ2n) is 10.6. The van der Waals surface area contributed by atoms with Crippen LogP contribution < -0.4 is 4.74 Å². The number of rotatable bonds is 4. The molecule has 0 radical (unpaired) electrons. The number of aromatic nitrogens is 2. The number of hydrogen-bond donors (Lipinski definition) is 0. The summed E-state index contributed by atoms with van der Waals surface area (Å²) < 4.78 is 11.7. The number of ether oxygens (including phenoxy) is 2. The van der Waals surface area contributed by atoms with Crippen molar-refractivity contribution in [3.63, 3.8) is 0 Å². The maximum atomic E-state index is 12.7. The molecule has 0 unspecified atom stereocenters. The second-order valence-corrected chi connectivity index (χ2v) is 10.6. The zero-order chi connectivity index (χ0) is 24.7. The number of nitrogens with zero attached hydrogens (tertiary/aromatic N) is 2. The third-order valence-corrected chi connectivity index (χ3v) is 8.82. The Balaban J connectivity index is 1.17. The molecule has 3 aromatic rings. The van der Waals surface area contributed by atoms with Gasteiger partial charge in [-0.15, -0.1) is 0 Å². The lowest BCUT2D eigenvalue weighted by Gasteiger charge is -2.50. The van der Waals surface area contributed by atoms with Crippen molar-refractivity contribution in [2.45, 2.75) is 57.5 Å². The molecule has 2 fully saturated rings. The Kier molecular flexibility index (Phi) is 5.82. The second kappa shape index (κ2) is 9.16. The number of carbonyl (C=O) groups is 2. The van der Waals surface area contributed by atoms with E-state index in [2.05, 4.69) is 23.0 Å². The predicted molar refractivity (Wildman–Crippen MR) is 134 cm³/mol. The standard InChI is InChI=1S/C30H30N2O4/c1-30-15-14-22-21-11-9-20(35-28(33)25-6-2-4-16-31-25)18-19(21)8-10-23(22)24(30)12-13-27(30)36-29(34)26-7-3-5-17-32-26/h2-7,9,11,16-18,22-24,27H,8,10,12-15H2,1H3/t22-,23-,24+,27+,30+/m1/s1. The molecule has 0 spiro atoms. The lowest BCUT2D eigenvalue weighted by Crippen LogP contribution is -2.45.